The molecule has 0 amide bonds. The van der Waals surface area contributed by atoms with Crippen molar-refractivity contribution in [2.24, 2.45) is 0 Å². The van der Waals surface area contributed by atoms with Crippen molar-refractivity contribution in [3.8, 4) is 6.07 Å². The number of nitrogens with zero attached hydrogens (tertiary/aromatic N) is 2. The number of aryl methyl sites for hydroxylation is 1. The molecule has 1 heterocycles. The van der Waals surface area contributed by atoms with Gasteiger partial charge in [-0.1, -0.05) is 0 Å². The topological polar surface area (TPSA) is 52.5 Å². The van der Waals surface area contributed by atoms with Crippen LogP contribution in [0.1, 0.15) is 11.3 Å². The fraction of sp³-hybridized carbons (Fsp3) is 0.167. The van der Waals surface area contributed by atoms with E-state index in [1.165, 1.54) is 19.4 Å². The number of aromatic amines is 1. The van der Waals surface area contributed by atoms with Crippen molar-refractivity contribution in [2.45, 2.75) is 6.92 Å². The molecule has 0 aliphatic carbocycles. The molecule has 0 atom stereocenters. The third-order valence-electron chi connectivity index (χ3n) is 1.15. The molecule has 0 saturated heterocycles. The van der Waals surface area contributed by atoms with Gasteiger partial charge < -0.3 is 0 Å². The van der Waals surface area contributed by atoms with Crippen molar-refractivity contribution in [3.63, 3.8) is 0 Å². The van der Waals surface area contributed by atoms with Gasteiger partial charge in [0.15, 0.2) is 0 Å². The van der Waals surface area contributed by atoms with E-state index in [0.717, 1.165) is 9.37 Å². The van der Waals surface area contributed by atoms with E-state index in [9.17, 15) is 0 Å². The summed E-state index contributed by atoms with van der Waals surface area (Å²) in [5.74, 6) is 0. The third kappa shape index (κ3) is 1.22. The van der Waals surface area contributed by atoms with Gasteiger partial charge in [0, 0.05) is 0 Å². The van der Waals surface area contributed by atoms with Gasteiger partial charge in [0.25, 0.3) is 0 Å². The molecule has 0 spiro atoms. The monoisotopic (exact) mass is 303 g/mol. The van der Waals surface area contributed by atoms with Crippen molar-refractivity contribution in [1.29, 1.82) is 5.26 Å². The SMILES string of the molecule is Cc1nc[nH][c](=[W])c1C#N. The molecule has 50 valence electrons. The van der Waals surface area contributed by atoms with Crippen LogP contribution in [0.2, 0.25) is 0 Å². The predicted molar refractivity (Wildman–Crippen MR) is 31.3 cm³/mol. The Morgan fingerprint density at radius 2 is 2.50 bits per heavy atom. The zero-order valence-corrected chi connectivity index (χ0v) is 8.31. The molecular weight excluding hydrogens is 298 g/mol. The van der Waals surface area contributed by atoms with E-state index in [1.807, 2.05) is 6.92 Å². The van der Waals surface area contributed by atoms with Gasteiger partial charge in [-0.15, -0.1) is 0 Å². The Kier molecular flexibility index (Phi) is 2.13. The number of H-pyrrole nitrogens is 1. The summed E-state index contributed by atoms with van der Waals surface area (Å²) < 4.78 is 0.954. The molecule has 0 aromatic carbocycles. The minimum atomic E-state index is 0.678. The summed E-state index contributed by atoms with van der Waals surface area (Å²) in [5.41, 5.74) is 1.48. The van der Waals surface area contributed by atoms with Crippen molar-refractivity contribution in [3.05, 3.63) is 21.3 Å². The summed E-state index contributed by atoms with van der Waals surface area (Å²) in [4.78, 5) is 6.84. The number of nitrogens with one attached hydrogen (secondary N) is 1. The van der Waals surface area contributed by atoms with Crippen LogP contribution in [0.4, 0.5) is 0 Å². The molecule has 0 unspecified atom stereocenters. The molecule has 0 aliphatic rings. The van der Waals surface area contributed by atoms with Gasteiger partial charge in [-0.05, 0) is 0 Å². The number of aromatic nitrogens is 2. The van der Waals surface area contributed by atoms with Crippen molar-refractivity contribution in [2.75, 3.05) is 0 Å². The first kappa shape index (κ1) is 7.37. The predicted octanol–water partition coefficient (Wildman–Crippen LogP) is 0.669. The first-order valence-electron chi connectivity index (χ1n) is 2.70. The summed E-state index contributed by atoms with van der Waals surface area (Å²) >= 11 is 1.26. The molecule has 1 aromatic rings. The van der Waals surface area contributed by atoms with Gasteiger partial charge >= 0.3 is 68.8 Å². The van der Waals surface area contributed by atoms with E-state index in [2.05, 4.69) is 16.0 Å². The second kappa shape index (κ2) is 2.90. The molecular formula is C6H5N3W. The molecule has 0 saturated carbocycles. The van der Waals surface area contributed by atoms with E-state index in [0.29, 0.717) is 5.56 Å². The maximum absolute atomic E-state index is 8.60. The van der Waals surface area contributed by atoms with Gasteiger partial charge in [-0.2, -0.15) is 0 Å². The minimum absolute atomic E-state index is 0.678. The molecule has 4 heteroatoms. The Morgan fingerprint density at radius 1 is 1.80 bits per heavy atom. The standard InChI is InChI=1S/C6H5N3.W/c1-5-6(2-7)3-8-4-9-5;/h4H,1H3,(H,8,9);. The Labute approximate surface area is 69.1 Å². The first-order chi connectivity index (χ1) is 4.75. The van der Waals surface area contributed by atoms with E-state index >= 15 is 0 Å². The molecule has 3 nitrogen and oxygen atoms in total. The van der Waals surface area contributed by atoms with Gasteiger partial charge in [0.05, 0.1) is 0 Å². The van der Waals surface area contributed by atoms with Gasteiger partial charge in [0.2, 0.25) is 0 Å². The second-order valence-corrected chi connectivity index (χ2v) is 3.27. The summed E-state index contributed by atoms with van der Waals surface area (Å²) in [7, 11) is 0. The third-order valence-corrected chi connectivity index (χ3v) is 2.31. The zero-order valence-electron chi connectivity index (χ0n) is 5.38. The molecule has 0 fully saturated rings. The fourth-order valence-electron chi connectivity index (χ4n) is 0.620. The summed E-state index contributed by atoms with van der Waals surface area (Å²) in [6.07, 6.45) is 1.61. The molecule has 0 aliphatic heterocycles. The van der Waals surface area contributed by atoms with Gasteiger partial charge in [-0.25, -0.2) is 0 Å². The summed E-state index contributed by atoms with van der Waals surface area (Å²) in [6.45, 7) is 1.83. The average molecular weight is 303 g/mol. The van der Waals surface area contributed by atoms with Crippen LogP contribution in [0.5, 0.6) is 0 Å². The Bertz CT molecular complexity index is 334. The van der Waals surface area contributed by atoms with Crippen molar-refractivity contribution < 1.29 is 19.4 Å². The van der Waals surface area contributed by atoms with Gasteiger partial charge in [-0.3, -0.25) is 0 Å². The van der Waals surface area contributed by atoms with Crippen molar-refractivity contribution >= 4 is 0 Å². The van der Waals surface area contributed by atoms with E-state index in [4.69, 9.17) is 5.26 Å². The second-order valence-electron chi connectivity index (χ2n) is 1.80. The molecule has 10 heavy (non-hydrogen) atoms. The Morgan fingerprint density at radius 3 is 2.90 bits per heavy atom. The molecule has 0 radical (unpaired) electrons. The van der Waals surface area contributed by atoms with Crippen LogP contribution in [0.15, 0.2) is 6.33 Å². The van der Waals surface area contributed by atoms with Crippen molar-refractivity contribution in [1.82, 2.24) is 9.97 Å². The Balaban J connectivity index is 3.50. The van der Waals surface area contributed by atoms with Crippen LogP contribution in [0, 0.1) is 21.9 Å². The maximum atomic E-state index is 8.60. The number of rotatable bonds is 0. The Hall–Kier alpha value is -0.742. The summed E-state index contributed by atoms with van der Waals surface area (Å²) in [6, 6.07) is 2.09. The fourth-order valence-corrected chi connectivity index (χ4v) is 1.50. The molecule has 1 aromatic heterocycles. The van der Waals surface area contributed by atoms with E-state index < -0.39 is 0 Å². The molecule has 1 N–H and O–H groups in total. The molecule has 0 bridgehead atoms. The zero-order chi connectivity index (χ0) is 7.56. The van der Waals surface area contributed by atoms with Crippen LogP contribution >= 0.6 is 0 Å². The van der Waals surface area contributed by atoms with Crippen LogP contribution in [-0.2, 0) is 19.4 Å². The van der Waals surface area contributed by atoms with E-state index in [1.54, 1.807) is 6.33 Å². The van der Waals surface area contributed by atoms with Crippen LogP contribution in [0.25, 0.3) is 0 Å². The normalized spacial score (nSPS) is 8.80. The quantitative estimate of drug-likeness (QED) is 0.766. The van der Waals surface area contributed by atoms with Crippen LogP contribution < -0.4 is 0 Å². The first-order valence-corrected chi connectivity index (χ1v) is 4.16. The molecule has 1 rings (SSSR count). The number of hydrogen-bond donors (Lipinski definition) is 1. The van der Waals surface area contributed by atoms with Gasteiger partial charge in [0.1, 0.15) is 0 Å². The average Bonchev–Trinajstić information content (AvgIpc) is 1.88. The van der Waals surface area contributed by atoms with E-state index in [-0.39, 0.29) is 0 Å². The van der Waals surface area contributed by atoms with Crippen LogP contribution in [0.3, 0.4) is 0 Å². The summed E-state index contributed by atoms with van der Waals surface area (Å²) in [5, 5.41) is 8.60. The number of nitriles is 1. The number of hydrogen-bond acceptors (Lipinski definition) is 2. The van der Waals surface area contributed by atoms with Crippen LogP contribution in [-0.4, -0.2) is 9.97 Å².